The van der Waals surface area contributed by atoms with Crippen LogP contribution in [0.2, 0.25) is 0 Å². The van der Waals surface area contributed by atoms with E-state index in [1.165, 1.54) is 33.1 Å². The van der Waals surface area contributed by atoms with E-state index in [0.717, 1.165) is 11.3 Å². The molecule has 8 heteroatoms. The van der Waals surface area contributed by atoms with E-state index in [0.29, 0.717) is 59.3 Å². The van der Waals surface area contributed by atoms with Crippen molar-refractivity contribution in [1.29, 1.82) is 0 Å². The Hall–Kier alpha value is -2.29. The van der Waals surface area contributed by atoms with Gasteiger partial charge in [0, 0.05) is 0 Å². The molecule has 0 saturated carbocycles. The number of rotatable bonds is 13. The fourth-order valence-electron chi connectivity index (χ4n) is 3.38. The zero-order valence-corrected chi connectivity index (χ0v) is 20.5. The zero-order chi connectivity index (χ0) is 23.7. The van der Waals surface area contributed by atoms with Crippen molar-refractivity contribution in [2.24, 2.45) is 0 Å². The highest BCUT2D eigenvalue weighted by atomic mass is 32.2. The van der Waals surface area contributed by atoms with Crippen molar-refractivity contribution in [3.05, 3.63) is 35.4 Å². The van der Waals surface area contributed by atoms with Gasteiger partial charge < -0.3 is 33.9 Å². The van der Waals surface area contributed by atoms with Gasteiger partial charge in [-0.25, -0.2) is 0 Å². The maximum absolute atomic E-state index is 10.8. The van der Waals surface area contributed by atoms with Gasteiger partial charge in [-0.1, -0.05) is 6.92 Å². The number of hydrogen-bond acceptors (Lipinski definition) is 8. The fraction of sp³-hybridized carbons (Fsp3) is 0.500. The smallest absolute Gasteiger partial charge is 0.203 e. The van der Waals surface area contributed by atoms with E-state index >= 15 is 0 Å². The molecular formula is C24H34O7S. The van der Waals surface area contributed by atoms with Crippen molar-refractivity contribution < 1.29 is 33.9 Å². The van der Waals surface area contributed by atoms with Gasteiger partial charge in [0.1, 0.15) is 0 Å². The first-order chi connectivity index (χ1) is 15.4. The van der Waals surface area contributed by atoms with E-state index in [9.17, 15) is 10.2 Å². The largest absolute Gasteiger partial charge is 0.493 e. The van der Waals surface area contributed by atoms with E-state index in [1.54, 1.807) is 25.3 Å². The summed E-state index contributed by atoms with van der Waals surface area (Å²) in [6.45, 7) is 2.63. The molecule has 2 aromatic rings. The lowest BCUT2D eigenvalue weighted by molar-refractivity contribution is 0.114. The Morgan fingerprint density at radius 2 is 1.22 bits per heavy atom. The van der Waals surface area contributed by atoms with Crippen LogP contribution in [0, 0.1) is 0 Å². The highest BCUT2D eigenvalue weighted by Gasteiger charge is 2.21. The van der Waals surface area contributed by atoms with Crippen LogP contribution in [0.1, 0.15) is 49.5 Å². The van der Waals surface area contributed by atoms with E-state index < -0.39 is 12.2 Å². The second-order valence-electron chi connectivity index (χ2n) is 7.17. The van der Waals surface area contributed by atoms with Gasteiger partial charge in [0.2, 0.25) is 5.75 Å². The Kier molecular flexibility index (Phi) is 10.3. The molecule has 0 spiro atoms. The average molecular weight is 467 g/mol. The van der Waals surface area contributed by atoms with Crippen molar-refractivity contribution >= 4 is 11.8 Å². The number of hydrogen-bond donors (Lipinski definition) is 2. The van der Waals surface area contributed by atoms with Crippen molar-refractivity contribution in [3.8, 4) is 28.7 Å². The molecule has 2 aromatic carbocycles. The minimum atomic E-state index is -0.813. The Balaban J connectivity index is 2.19. The monoisotopic (exact) mass is 466 g/mol. The van der Waals surface area contributed by atoms with Crippen LogP contribution in [0.25, 0.3) is 0 Å². The third-order valence-electron chi connectivity index (χ3n) is 5.10. The molecule has 7 nitrogen and oxygen atoms in total. The predicted octanol–water partition coefficient (Wildman–Crippen LogP) is 4.78. The van der Waals surface area contributed by atoms with Gasteiger partial charge in [0.25, 0.3) is 0 Å². The SMILES string of the molecule is CCCOc1c(OC)cc(C(O)CCC(O)c2cc(OC)c(OC)c(OC)c2)cc1SC. The summed E-state index contributed by atoms with van der Waals surface area (Å²) in [4.78, 5) is 0.900. The Morgan fingerprint density at radius 3 is 1.62 bits per heavy atom. The molecule has 0 heterocycles. The minimum Gasteiger partial charge on any atom is -0.493 e. The summed E-state index contributed by atoms with van der Waals surface area (Å²) in [6.07, 6.45) is 1.95. The summed E-state index contributed by atoms with van der Waals surface area (Å²) in [5.41, 5.74) is 1.34. The molecule has 0 aliphatic rings. The van der Waals surface area contributed by atoms with Crippen LogP contribution in [0.3, 0.4) is 0 Å². The topological polar surface area (TPSA) is 86.6 Å². The standard InChI is InChI=1S/C24H34O7S/c1-7-10-31-24-21(29-4)13-16(14-22(24)32-6)18(26)9-8-17(25)15-11-19(27-2)23(30-5)20(12-15)28-3/h11-14,17-18,25-26H,7-10H2,1-6H3. The Labute approximate surface area is 194 Å². The van der Waals surface area contributed by atoms with Gasteiger partial charge in [-0.05, 0) is 60.9 Å². The molecule has 2 unspecified atom stereocenters. The molecule has 0 amide bonds. The van der Waals surface area contributed by atoms with E-state index in [-0.39, 0.29) is 0 Å². The van der Waals surface area contributed by atoms with Crippen molar-refractivity contribution in [2.45, 2.75) is 43.3 Å². The highest BCUT2D eigenvalue weighted by Crippen LogP contribution is 2.42. The quantitative estimate of drug-likeness (QED) is 0.408. The lowest BCUT2D eigenvalue weighted by Gasteiger charge is -2.20. The van der Waals surface area contributed by atoms with Crippen LogP contribution in [0.5, 0.6) is 28.7 Å². The third kappa shape index (κ3) is 6.15. The first kappa shape index (κ1) is 26.0. The van der Waals surface area contributed by atoms with Gasteiger partial charge in [-0.15, -0.1) is 11.8 Å². The summed E-state index contributed by atoms with van der Waals surface area (Å²) in [5.74, 6) is 2.68. The van der Waals surface area contributed by atoms with Crippen LogP contribution in [0.15, 0.2) is 29.2 Å². The van der Waals surface area contributed by atoms with Crippen LogP contribution in [-0.2, 0) is 0 Å². The van der Waals surface area contributed by atoms with E-state index in [1.807, 2.05) is 19.2 Å². The van der Waals surface area contributed by atoms with Gasteiger partial charge in [-0.3, -0.25) is 0 Å². The van der Waals surface area contributed by atoms with Crippen LogP contribution >= 0.6 is 11.8 Å². The normalized spacial score (nSPS) is 12.8. The van der Waals surface area contributed by atoms with Gasteiger partial charge in [0.05, 0.1) is 52.1 Å². The number of ether oxygens (including phenoxy) is 5. The van der Waals surface area contributed by atoms with Crippen LogP contribution in [0.4, 0.5) is 0 Å². The third-order valence-corrected chi connectivity index (χ3v) is 5.85. The molecule has 0 radical (unpaired) electrons. The Morgan fingerprint density at radius 1 is 0.750 bits per heavy atom. The maximum atomic E-state index is 10.8. The lowest BCUT2D eigenvalue weighted by atomic mass is 9.98. The summed E-state index contributed by atoms with van der Waals surface area (Å²) < 4.78 is 27.4. The molecule has 2 atom stereocenters. The molecule has 0 bridgehead atoms. The lowest BCUT2D eigenvalue weighted by Crippen LogP contribution is -2.06. The molecule has 0 aliphatic carbocycles. The molecule has 178 valence electrons. The molecule has 2 N–H and O–H groups in total. The predicted molar refractivity (Wildman–Crippen MR) is 126 cm³/mol. The molecule has 2 rings (SSSR count). The molecular weight excluding hydrogens is 432 g/mol. The summed E-state index contributed by atoms with van der Waals surface area (Å²) >= 11 is 1.53. The first-order valence-electron chi connectivity index (χ1n) is 10.5. The number of thioether (sulfide) groups is 1. The summed E-state index contributed by atoms with van der Waals surface area (Å²) in [5, 5.41) is 21.6. The van der Waals surface area contributed by atoms with Crippen molar-refractivity contribution in [2.75, 3.05) is 41.3 Å². The molecule has 0 aliphatic heterocycles. The van der Waals surface area contributed by atoms with Gasteiger partial charge >= 0.3 is 0 Å². The first-order valence-corrected chi connectivity index (χ1v) is 11.7. The highest BCUT2D eigenvalue weighted by molar-refractivity contribution is 7.98. The number of aliphatic hydroxyl groups is 2. The average Bonchev–Trinajstić information content (AvgIpc) is 2.83. The van der Waals surface area contributed by atoms with Crippen LogP contribution in [-0.4, -0.2) is 51.5 Å². The molecule has 0 aromatic heterocycles. The molecule has 0 saturated heterocycles. The minimum absolute atomic E-state index is 0.338. The number of benzene rings is 2. The number of aliphatic hydroxyl groups excluding tert-OH is 2. The summed E-state index contributed by atoms with van der Waals surface area (Å²) in [6, 6.07) is 7.14. The number of methoxy groups -OCH3 is 4. The molecule has 0 fully saturated rings. The summed E-state index contributed by atoms with van der Waals surface area (Å²) in [7, 11) is 6.18. The molecule has 32 heavy (non-hydrogen) atoms. The Bertz CT molecular complexity index is 821. The van der Waals surface area contributed by atoms with Crippen LogP contribution < -0.4 is 23.7 Å². The van der Waals surface area contributed by atoms with Crippen molar-refractivity contribution in [3.63, 3.8) is 0 Å². The maximum Gasteiger partial charge on any atom is 0.203 e. The zero-order valence-electron chi connectivity index (χ0n) is 19.6. The second kappa shape index (κ2) is 12.7. The fourth-order valence-corrected chi connectivity index (χ4v) is 3.98. The van der Waals surface area contributed by atoms with E-state index in [2.05, 4.69) is 0 Å². The van der Waals surface area contributed by atoms with Gasteiger partial charge in [0.15, 0.2) is 23.0 Å². The van der Waals surface area contributed by atoms with E-state index in [4.69, 9.17) is 23.7 Å². The van der Waals surface area contributed by atoms with Gasteiger partial charge in [-0.2, -0.15) is 0 Å². The van der Waals surface area contributed by atoms with Crippen molar-refractivity contribution in [1.82, 2.24) is 0 Å². The second-order valence-corrected chi connectivity index (χ2v) is 8.02.